The van der Waals surface area contributed by atoms with Crippen LogP contribution in [0.3, 0.4) is 0 Å². The summed E-state index contributed by atoms with van der Waals surface area (Å²) in [6.45, 7) is 9.39. The molecule has 176 valence electrons. The molecule has 0 atom stereocenters. The zero-order valence-electron chi connectivity index (χ0n) is 19.1. The van der Waals surface area contributed by atoms with Crippen molar-refractivity contribution in [1.29, 1.82) is 0 Å². The predicted molar refractivity (Wildman–Crippen MR) is 124 cm³/mol. The second-order valence-corrected chi connectivity index (χ2v) is 7.30. The van der Waals surface area contributed by atoms with Crippen molar-refractivity contribution in [2.45, 2.75) is 40.5 Å². The first-order chi connectivity index (χ1) is 15.7. The fourth-order valence-corrected chi connectivity index (χ4v) is 3.29. The van der Waals surface area contributed by atoms with Crippen LogP contribution in [0.1, 0.15) is 37.8 Å². The van der Waals surface area contributed by atoms with Gasteiger partial charge in [0.15, 0.2) is 5.69 Å². The third-order valence-corrected chi connectivity index (χ3v) is 4.98. The molecule has 0 heterocycles. The molecule has 0 aliphatic carbocycles. The number of nitro benzene ring substituents is 2. The molecule has 11 nitrogen and oxygen atoms in total. The SMILES string of the molecule is CCOC(=O)CCCN(CC)c1cc(C)c(N=Nc2ccc([N+](=O)[O-])cc2[N+](=O)[O-])cc1C. The summed E-state index contributed by atoms with van der Waals surface area (Å²) in [6.07, 6.45) is 1.01. The molecule has 2 rings (SSSR count). The zero-order chi connectivity index (χ0) is 24.5. The summed E-state index contributed by atoms with van der Waals surface area (Å²) in [7, 11) is 0. The summed E-state index contributed by atoms with van der Waals surface area (Å²) in [6, 6.07) is 7.02. The quantitative estimate of drug-likeness (QED) is 0.182. The van der Waals surface area contributed by atoms with Gasteiger partial charge in [0, 0.05) is 31.3 Å². The summed E-state index contributed by atoms with van der Waals surface area (Å²) >= 11 is 0. The van der Waals surface area contributed by atoms with Crippen molar-refractivity contribution in [2.75, 3.05) is 24.6 Å². The molecule has 0 spiro atoms. The molecule has 0 saturated carbocycles. The van der Waals surface area contributed by atoms with Gasteiger partial charge in [0.25, 0.3) is 5.69 Å². The largest absolute Gasteiger partial charge is 0.466 e. The number of benzene rings is 2. The van der Waals surface area contributed by atoms with Gasteiger partial charge < -0.3 is 9.64 Å². The molecule has 33 heavy (non-hydrogen) atoms. The van der Waals surface area contributed by atoms with E-state index in [1.807, 2.05) is 32.9 Å². The number of anilines is 1. The molecule has 0 fully saturated rings. The molecular formula is C22H27N5O6. The minimum Gasteiger partial charge on any atom is -0.466 e. The Morgan fingerprint density at radius 2 is 1.70 bits per heavy atom. The molecule has 2 aromatic carbocycles. The Hall–Kier alpha value is -3.89. The minimum absolute atomic E-state index is 0.0686. The van der Waals surface area contributed by atoms with Gasteiger partial charge in [0.05, 0.1) is 28.2 Å². The fraction of sp³-hybridized carbons (Fsp3) is 0.409. The van der Waals surface area contributed by atoms with Gasteiger partial charge in [0.2, 0.25) is 0 Å². The lowest BCUT2D eigenvalue weighted by molar-refractivity contribution is -0.393. The molecule has 0 aliphatic rings. The summed E-state index contributed by atoms with van der Waals surface area (Å²) in [5.74, 6) is -0.211. The number of aryl methyl sites for hydroxylation is 2. The second kappa shape index (κ2) is 11.7. The van der Waals surface area contributed by atoms with Crippen LogP contribution in [0, 0.1) is 34.1 Å². The Bertz CT molecular complexity index is 1070. The molecule has 0 bridgehead atoms. The number of nitro groups is 2. The van der Waals surface area contributed by atoms with Crippen molar-refractivity contribution in [1.82, 2.24) is 0 Å². The van der Waals surface area contributed by atoms with Crippen molar-refractivity contribution >= 4 is 34.4 Å². The number of esters is 1. The first-order valence-electron chi connectivity index (χ1n) is 10.5. The van der Waals surface area contributed by atoms with Crippen LogP contribution in [0.15, 0.2) is 40.6 Å². The normalized spacial score (nSPS) is 10.9. The Morgan fingerprint density at radius 1 is 1.00 bits per heavy atom. The van der Waals surface area contributed by atoms with Gasteiger partial charge in [-0.3, -0.25) is 25.0 Å². The molecular weight excluding hydrogens is 430 g/mol. The lowest BCUT2D eigenvalue weighted by Gasteiger charge is -2.25. The van der Waals surface area contributed by atoms with Crippen LogP contribution in [-0.4, -0.2) is 35.5 Å². The first-order valence-corrected chi connectivity index (χ1v) is 10.5. The monoisotopic (exact) mass is 457 g/mol. The maximum absolute atomic E-state index is 11.6. The van der Waals surface area contributed by atoms with Gasteiger partial charge in [0.1, 0.15) is 0 Å². The number of non-ortho nitro benzene ring substituents is 1. The lowest BCUT2D eigenvalue weighted by atomic mass is 10.1. The van der Waals surface area contributed by atoms with E-state index < -0.39 is 15.5 Å². The third-order valence-electron chi connectivity index (χ3n) is 4.98. The minimum atomic E-state index is -0.724. The first kappa shape index (κ1) is 25.4. The Balaban J connectivity index is 2.24. The van der Waals surface area contributed by atoms with Gasteiger partial charge in [-0.2, -0.15) is 5.11 Å². The van der Waals surface area contributed by atoms with Crippen LogP contribution in [0.5, 0.6) is 0 Å². The van der Waals surface area contributed by atoms with Crippen molar-refractivity contribution < 1.29 is 19.4 Å². The number of carbonyl (C=O) groups is 1. The van der Waals surface area contributed by atoms with Crippen LogP contribution in [-0.2, 0) is 9.53 Å². The highest BCUT2D eigenvalue weighted by molar-refractivity contribution is 5.69. The number of hydrogen-bond acceptors (Lipinski definition) is 9. The summed E-state index contributed by atoms with van der Waals surface area (Å²) in [4.78, 5) is 34.5. The summed E-state index contributed by atoms with van der Waals surface area (Å²) in [5, 5.41) is 30.3. The lowest BCUT2D eigenvalue weighted by Crippen LogP contribution is -2.25. The highest BCUT2D eigenvalue weighted by atomic mass is 16.6. The van der Waals surface area contributed by atoms with Crippen LogP contribution in [0.25, 0.3) is 0 Å². The zero-order valence-corrected chi connectivity index (χ0v) is 19.1. The van der Waals surface area contributed by atoms with Gasteiger partial charge in [-0.05, 0) is 63.4 Å². The van der Waals surface area contributed by atoms with E-state index in [9.17, 15) is 25.0 Å². The molecule has 0 amide bonds. The van der Waals surface area contributed by atoms with Crippen LogP contribution >= 0.6 is 0 Å². The fourth-order valence-electron chi connectivity index (χ4n) is 3.29. The van der Waals surface area contributed by atoms with Gasteiger partial charge in [-0.1, -0.05) is 0 Å². The second-order valence-electron chi connectivity index (χ2n) is 7.30. The predicted octanol–water partition coefficient (Wildman–Crippen LogP) is 5.70. The number of ether oxygens (including phenoxy) is 1. The van der Waals surface area contributed by atoms with E-state index in [0.717, 1.165) is 35.5 Å². The molecule has 0 aromatic heterocycles. The Kier molecular flexibility index (Phi) is 8.96. The topological polar surface area (TPSA) is 141 Å². The maximum atomic E-state index is 11.6. The molecule has 2 aromatic rings. The Labute approximate surface area is 191 Å². The number of rotatable bonds is 11. The van der Waals surface area contributed by atoms with E-state index in [1.54, 1.807) is 6.92 Å². The van der Waals surface area contributed by atoms with E-state index in [1.165, 1.54) is 6.07 Å². The van der Waals surface area contributed by atoms with Crippen molar-refractivity contribution in [2.24, 2.45) is 10.2 Å². The van der Waals surface area contributed by atoms with E-state index in [4.69, 9.17) is 4.74 Å². The number of azo groups is 1. The van der Waals surface area contributed by atoms with Gasteiger partial charge in [-0.25, -0.2) is 0 Å². The van der Waals surface area contributed by atoms with Crippen molar-refractivity contribution in [3.8, 4) is 0 Å². The molecule has 0 saturated heterocycles. The van der Waals surface area contributed by atoms with Crippen LogP contribution < -0.4 is 4.90 Å². The number of nitrogens with zero attached hydrogens (tertiary/aromatic N) is 5. The number of carbonyl (C=O) groups excluding carboxylic acids is 1. The van der Waals surface area contributed by atoms with Crippen molar-refractivity contribution in [3.63, 3.8) is 0 Å². The average Bonchev–Trinajstić information content (AvgIpc) is 2.77. The van der Waals surface area contributed by atoms with Crippen LogP contribution in [0.4, 0.5) is 28.4 Å². The smallest absolute Gasteiger partial charge is 0.305 e. The number of hydrogen-bond donors (Lipinski definition) is 0. The molecule has 0 unspecified atom stereocenters. The molecule has 11 heteroatoms. The molecule has 0 radical (unpaired) electrons. The Morgan fingerprint density at radius 3 is 2.30 bits per heavy atom. The summed E-state index contributed by atoms with van der Waals surface area (Å²) in [5.41, 5.74) is 2.34. The van der Waals surface area contributed by atoms with E-state index in [0.29, 0.717) is 31.7 Å². The highest BCUT2D eigenvalue weighted by Gasteiger charge is 2.19. The van der Waals surface area contributed by atoms with E-state index in [-0.39, 0.29) is 17.3 Å². The third kappa shape index (κ3) is 6.79. The maximum Gasteiger partial charge on any atom is 0.305 e. The van der Waals surface area contributed by atoms with Crippen LogP contribution in [0.2, 0.25) is 0 Å². The summed E-state index contributed by atoms with van der Waals surface area (Å²) < 4.78 is 4.97. The standard InChI is InChI=1S/C22H27N5O6/c1-5-25(11-7-8-22(28)33-6-2)20-13-15(3)19(12-16(20)4)24-23-18-10-9-17(26(29)30)14-21(18)27(31)32/h9-10,12-14H,5-8,11H2,1-4H3. The van der Waals surface area contributed by atoms with E-state index >= 15 is 0 Å². The molecule has 0 aliphatic heterocycles. The highest BCUT2D eigenvalue weighted by Crippen LogP contribution is 2.34. The van der Waals surface area contributed by atoms with Crippen molar-refractivity contribution in [3.05, 3.63) is 61.7 Å². The average molecular weight is 457 g/mol. The van der Waals surface area contributed by atoms with Gasteiger partial charge in [-0.15, -0.1) is 5.11 Å². The van der Waals surface area contributed by atoms with Gasteiger partial charge >= 0.3 is 11.7 Å². The molecule has 0 N–H and O–H groups in total. The van der Waals surface area contributed by atoms with E-state index in [2.05, 4.69) is 15.1 Å².